The van der Waals surface area contributed by atoms with Crippen LogP contribution >= 0.6 is 11.6 Å². The Morgan fingerprint density at radius 3 is 2.15 bits per heavy atom. The second-order valence-corrected chi connectivity index (χ2v) is 4.86. The fourth-order valence-corrected chi connectivity index (χ4v) is 1.06. The molecule has 0 aliphatic carbocycles. The standard InChI is InChI=1S/C11H16ClN/c1-11(2,3)8-13-10-6-4-9(12)5-7-10/h4-7,13H,8H2,1-3H3. The summed E-state index contributed by atoms with van der Waals surface area (Å²) in [6.07, 6.45) is 0. The number of halogens is 1. The van der Waals surface area contributed by atoms with E-state index in [-0.39, 0.29) is 0 Å². The summed E-state index contributed by atoms with van der Waals surface area (Å²) >= 11 is 5.77. The summed E-state index contributed by atoms with van der Waals surface area (Å²) in [6.45, 7) is 7.58. The first-order valence-corrected chi connectivity index (χ1v) is 4.85. The van der Waals surface area contributed by atoms with E-state index < -0.39 is 0 Å². The largest absolute Gasteiger partial charge is 0.385 e. The topological polar surface area (TPSA) is 12.0 Å². The number of hydrogen-bond acceptors (Lipinski definition) is 1. The van der Waals surface area contributed by atoms with Gasteiger partial charge >= 0.3 is 0 Å². The third-order valence-corrected chi connectivity index (χ3v) is 1.92. The van der Waals surface area contributed by atoms with E-state index in [9.17, 15) is 0 Å². The molecule has 0 bridgehead atoms. The maximum atomic E-state index is 5.77. The van der Waals surface area contributed by atoms with Gasteiger partial charge in [0.05, 0.1) is 0 Å². The van der Waals surface area contributed by atoms with E-state index in [1.165, 1.54) is 0 Å². The van der Waals surface area contributed by atoms with Crippen LogP contribution in [0.2, 0.25) is 5.02 Å². The Morgan fingerprint density at radius 1 is 1.15 bits per heavy atom. The lowest BCUT2D eigenvalue weighted by Gasteiger charge is -2.19. The van der Waals surface area contributed by atoms with Crippen LogP contribution in [-0.4, -0.2) is 6.54 Å². The number of nitrogens with one attached hydrogen (secondary N) is 1. The predicted molar refractivity (Wildman–Crippen MR) is 59.4 cm³/mol. The summed E-state index contributed by atoms with van der Waals surface area (Å²) in [4.78, 5) is 0. The maximum absolute atomic E-state index is 5.77. The third kappa shape index (κ3) is 4.18. The quantitative estimate of drug-likeness (QED) is 0.761. The Hall–Kier alpha value is -0.690. The van der Waals surface area contributed by atoms with Crippen molar-refractivity contribution in [1.29, 1.82) is 0 Å². The van der Waals surface area contributed by atoms with Gasteiger partial charge in [0.15, 0.2) is 0 Å². The van der Waals surface area contributed by atoms with Crippen molar-refractivity contribution in [3.8, 4) is 0 Å². The van der Waals surface area contributed by atoms with Crippen molar-refractivity contribution in [2.45, 2.75) is 20.8 Å². The second-order valence-electron chi connectivity index (χ2n) is 4.42. The molecule has 0 spiro atoms. The lowest BCUT2D eigenvalue weighted by molar-refractivity contribution is 0.443. The van der Waals surface area contributed by atoms with Gasteiger partial charge in [0.25, 0.3) is 0 Å². The minimum absolute atomic E-state index is 0.305. The van der Waals surface area contributed by atoms with Crippen molar-refractivity contribution >= 4 is 17.3 Å². The summed E-state index contributed by atoms with van der Waals surface area (Å²) < 4.78 is 0. The van der Waals surface area contributed by atoms with Crippen molar-refractivity contribution in [3.05, 3.63) is 29.3 Å². The molecule has 0 saturated heterocycles. The fraction of sp³-hybridized carbons (Fsp3) is 0.455. The van der Waals surface area contributed by atoms with Gasteiger partial charge in [-0.3, -0.25) is 0 Å². The summed E-state index contributed by atoms with van der Waals surface area (Å²) in [5.41, 5.74) is 1.43. The van der Waals surface area contributed by atoms with Crippen LogP contribution in [-0.2, 0) is 0 Å². The molecule has 2 heteroatoms. The number of benzene rings is 1. The van der Waals surface area contributed by atoms with Crippen LogP contribution in [0.3, 0.4) is 0 Å². The molecule has 0 aliphatic rings. The van der Waals surface area contributed by atoms with Gasteiger partial charge in [0.2, 0.25) is 0 Å². The molecule has 0 radical (unpaired) electrons. The van der Waals surface area contributed by atoms with E-state index in [2.05, 4.69) is 26.1 Å². The lowest BCUT2D eigenvalue weighted by atomic mass is 9.97. The first-order chi connectivity index (χ1) is 5.97. The van der Waals surface area contributed by atoms with Crippen LogP contribution in [0.15, 0.2) is 24.3 Å². The van der Waals surface area contributed by atoms with Gasteiger partial charge in [-0.05, 0) is 29.7 Å². The molecule has 0 amide bonds. The molecular weight excluding hydrogens is 182 g/mol. The van der Waals surface area contributed by atoms with Crippen LogP contribution in [0, 0.1) is 5.41 Å². The highest BCUT2D eigenvalue weighted by Crippen LogP contribution is 2.17. The molecule has 0 unspecified atom stereocenters. The zero-order chi connectivity index (χ0) is 9.90. The highest BCUT2D eigenvalue weighted by molar-refractivity contribution is 6.30. The molecule has 1 nitrogen and oxygen atoms in total. The van der Waals surface area contributed by atoms with Crippen molar-refractivity contribution in [3.63, 3.8) is 0 Å². The smallest absolute Gasteiger partial charge is 0.0407 e. The molecule has 0 heterocycles. The maximum Gasteiger partial charge on any atom is 0.0407 e. The molecule has 1 N–H and O–H groups in total. The van der Waals surface area contributed by atoms with Crippen molar-refractivity contribution in [1.82, 2.24) is 0 Å². The highest BCUT2D eigenvalue weighted by Gasteiger charge is 2.08. The van der Waals surface area contributed by atoms with Crippen LogP contribution in [0.1, 0.15) is 20.8 Å². The Labute approximate surface area is 85.1 Å². The Morgan fingerprint density at radius 2 is 1.69 bits per heavy atom. The first kappa shape index (κ1) is 10.4. The molecular formula is C11H16ClN. The van der Waals surface area contributed by atoms with Crippen LogP contribution < -0.4 is 5.32 Å². The van der Waals surface area contributed by atoms with Crippen LogP contribution in [0.4, 0.5) is 5.69 Å². The summed E-state index contributed by atoms with van der Waals surface area (Å²) in [7, 11) is 0. The normalized spacial score (nSPS) is 11.4. The van der Waals surface area contributed by atoms with Gasteiger partial charge in [-0.15, -0.1) is 0 Å². The van der Waals surface area contributed by atoms with E-state index in [4.69, 9.17) is 11.6 Å². The number of anilines is 1. The van der Waals surface area contributed by atoms with Gasteiger partial charge in [-0.2, -0.15) is 0 Å². The minimum atomic E-state index is 0.305. The third-order valence-electron chi connectivity index (χ3n) is 1.67. The van der Waals surface area contributed by atoms with Crippen molar-refractivity contribution < 1.29 is 0 Å². The van der Waals surface area contributed by atoms with Crippen LogP contribution in [0.5, 0.6) is 0 Å². The average Bonchev–Trinajstić information content (AvgIpc) is 2.02. The van der Waals surface area contributed by atoms with Gasteiger partial charge in [-0.25, -0.2) is 0 Å². The van der Waals surface area contributed by atoms with Gasteiger partial charge in [0.1, 0.15) is 0 Å². The first-order valence-electron chi connectivity index (χ1n) is 4.47. The van der Waals surface area contributed by atoms with E-state index in [0.717, 1.165) is 17.3 Å². The summed E-state index contributed by atoms with van der Waals surface area (Å²) in [6, 6.07) is 7.78. The van der Waals surface area contributed by atoms with Gasteiger partial charge in [0, 0.05) is 17.3 Å². The Balaban J connectivity index is 2.51. The summed E-state index contributed by atoms with van der Waals surface area (Å²) in [5.74, 6) is 0. The Bertz CT molecular complexity index is 258. The highest BCUT2D eigenvalue weighted by atomic mass is 35.5. The molecule has 0 fully saturated rings. The molecule has 1 aromatic rings. The molecule has 0 atom stereocenters. The van der Waals surface area contributed by atoms with Crippen molar-refractivity contribution in [2.75, 3.05) is 11.9 Å². The average molecular weight is 198 g/mol. The Kier molecular flexibility index (Phi) is 3.21. The minimum Gasteiger partial charge on any atom is -0.385 e. The lowest BCUT2D eigenvalue weighted by Crippen LogP contribution is -2.18. The van der Waals surface area contributed by atoms with Crippen molar-refractivity contribution in [2.24, 2.45) is 5.41 Å². The van der Waals surface area contributed by atoms with E-state index in [1.54, 1.807) is 0 Å². The van der Waals surface area contributed by atoms with E-state index >= 15 is 0 Å². The molecule has 72 valence electrons. The molecule has 0 aromatic heterocycles. The number of hydrogen-bond donors (Lipinski definition) is 1. The predicted octanol–water partition coefficient (Wildman–Crippen LogP) is 3.80. The zero-order valence-corrected chi connectivity index (χ0v) is 9.15. The second kappa shape index (κ2) is 4.01. The summed E-state index contributed by atoms with van der Waals surface area (Å²) in [5, 5.41) is 4.13. The molecule has 1 rings (SSSR count). The van der Waals surface area contributed by atoms with Crippen LogP contribution in [0.25, 0.3) is 0 Å². The monoisotopic (exact) mass is 197 g/mol. The van der Waals surface area contributed by atoms with E-state index in [0.29, 0.717) is 5.41 Å². The molecule has 0 saturated carbocycles. The molecule has 13 heavy (non-hydrogen) atoms. The van der Waals surface area contributed by atoms with E-state index in [1.807, 2.05) is 24.3 Å². The molecule has 0 aliphatic heterocycles. The molecule has 1 aromatic carbocycles. The van der Waals surface area contributed by atoms with Gasteiger partial charge < -0.3 is 5.32 Å². The number of rotatable bonds is 2. The zero-order valence-electron chi connectivity index (χ0n) is 8.39. The van der Waals surface area contributed by atoms with Gasteiger partial charge in [-0.1, -0.05) is 32.4 Å². The fourth-order valence-electron chi connectivity index (χ4n) is 0.935. The SMILES string of the molecule is CC(C)(C)CNc1ccc(Cl)cc1.